The summed E-state index contributed by atoms with van der Waals surface area (Å²) < 4.78 is 6.80. The van der Waals surface area contributed by atoms with E-state index in [-0.39, 0.29) is 10.8 Å². The fourth-order valence-electron chi connectivity index (χ4n) is 2.76. The molecule has 0 fully saturated rings. The highest BCUT2D eigenvalue weighted by atomic mass is 79.9. The molecule has 0 N–H and O–H groups in total. The summed E-state index contributed by atoms with van der Waals surface area (Å²) in [6, 6.07) is 12.5. The lowest BCUT2D eigenvalue weighted by Crippen LogP contribution is -2.18. The minimum Gasteiger partial charge on any atom is -0.492 e. The predicted octanol–water partition coefficient (Wildman–Crippen LogP) is 5.76. The highest BCUT2D eigenvalue weighted by molar-refractivity contribution is 9.10. The minimum absolute atomic E-state index is 0.0499. The van der Waals surface area contributed by atoms with E-state index in [1.165, 1.54) is 11.1 Å². The van der Waals surface area contributed by atoms with Gasteiger partial charge in [-0.3, -0.25) is 0 Å². The third-order valence-electron chi connectivity index (χ3n) is 4.13. The lowest BCUT2D eigenvalue weighted by atomic mass is 9.85. The Labute approximate surface area is 139 Å². The van der Waals surface area contributed by atoms with E-state index in [2.05, 4.69) is 61.0 Å². The van der Waals surface area contributed by atoms with E-state index in [0.29, 0.717) is 0 Å². The second kappa shape index (κ2) is 5.33. The maximum Gasteiger partial charge on any atom is 0.123 e. The molecule has 0 bridgehead atoms. The molecule has 0 saturated carbocycles. The van der Waals surface area contributed by atoms with Crippen molar-refractivity contribution >= 4 is 27.5 Å². The van der Waals surface area contributed by atoms with Gasteiger partial charge in [0.05, 0.1) is 12.0 Å². The molecule has 3 heteroatoms. The Hall–Kier alpha value is -0.990. The molecule has 110 valence electrons. The Morgan fingerprint density at radius 2 is 1.95 bits per heavy atom. The topological polar surface area (TPSA) is 9.23 Å². The Morgan fingerprint density at radius 1 is 1.19 bits per heavy atom. The number of alkyl halides is 1. The van der Waals surface area contributed by atoms with Crippen LogP contribution in [0.15, 0.2) is 40.9 Å². The summed E-state index contributed by atoms with van der Waals surface area (Å²) in [5.74, 6) is 0.985. The van der Waals surface area contributed by atoms with Gasteiger partial charge in [-0.05, 0) is 47.9 Å². The summed E-state index contributed by atoms with van der Waals surface area (Å²) >= 11 is 10.3. The van der Waals surface area contributed by atoms with Crippen molar-refractivity contribution in [3.63, 3.8) is 0 Å². The number of hydrogen-bond acceptors (Lipinski definition) is 1. The fourth-order valence-corrected chi connectivity index (χ4v) is 3.51. The Balaban J connectivity index is 2.03. The first-order valence-corrected chi connectivity index (χ1v) is 8.29. The first-order valence-electron chi connectivity index (χ1n) is 7.06. The van der Waals surface area contributed by atoms with Crippen molar-refractivity contribution in [3.05, 3.63) is 63.1 Å². The van der Waals surface area contributed by atoms with E-state index < -0.39 is 0 Å². The zero-order valence-electron chi connectivity index (χ0n) is 12.4. The van der Waals surface area contributed by atoms with Gasteiger partial charge in [-0.25, -0.2) is 0 Å². The van der Waals surface area contributed by atoms with Gasteiger partial charge < -0.3 is 4.74 Å². The first-order chi connectivity index (χ1) is 9.88. The van der Waals surface area contributed by atoms with E-state index >= 15 is 0 Å². The molecule has 1 aliphatic heterocycles. The van der Waals surface area contributed by atoms with Crippen LogP contribution in [0.3, 0.4) is 0 Å². The van der Waals surface area contributed by atoms with Crippen molar-refractivity contribution < 1.29 is 4.74 Å². The monoisotopic (exact) mass is 364 g/mol. The van der Waals surface area contributed by atoms with Crippen LogP contribution in [0.2, 0.25) is 0 Å². The van der Waals surface area contributed by atoms with Crippen LogP contribution in [0.25, 0.3) is 0 Å². The molecule has 1 atom stereocenters. The normalized spacial score (nSPS) is 17.2. The van der Waals surface area contributed by atoms with Gasteiger partial charge >= 0.3 is 0 Å². The average molecular weight is 366 g/mol. The molecule has 0 amide bonds. The highest BCUT2D eigenvalue weighted by Gasteiger charge is 2.32. The minimum atomic E-state index is -0.149. The van der Waals surface area contributed by atoms with Gasteiger partial charge in [0.2, 0.25) is 0 Å². The van der Waals surface area contributed by atoms with Gasteiger partial charge in [-0.1, -0.05) is 41.9 Å². The zero-order chi connectivity index (χ0) is 15.2. The summed E-state index contributed by atoms with van der Waals surface area (Å²) in [5, 5.41) is -0.149. The standard InChI is InChI=1S/C18H18BrClO/c1-11-4-6-13(19)9-14(11)17(20)12-5-7-16-15(8-12)18(2,3)10-21-16/h4-9,17H,10H2,1-3H3. The molecule has 2 aromatic carbocycles. The molecule has 0 saturated heterocycles. The number of ether oxygens (including phenoxy) is 1. The van der Waals surface area contributed by atoms with Gasteiger partial charge in [-0.2, -0.15) is 0 Å². The Kier molecular flexibility index (Phi) is 3.79. The van der Waals surface area contributed by atoms with Crippen LogP contribution >= 0.6 is 27.5 Å². The van der Waals surface area contributed by atoms with Gasteiger partial charge in [0, 0.05) is 15.5 Å². The van der Waals surface area contributed by atoms with Gasteiger partial charge in [-0.15, -0.1) is 11.6 Å². The van der Waals surface area contributed by atoms with Crippen LogP contribution in [0.5, 0.6) is 5.75 Å². The van der Waals surface area contributed by atoms with Crippen LogP contribution < -0.4 is 4.74 Å². The summed E-state index contributed by atoms with van der Waals surface area (Å²) in [5.41, 5.74) is 4.76. The van der Waals surface area contributed by atoms with Gasteiger partial charge in [0.1, 0.15) is 5.75 Å². The van der Waals surface area contributed by atoms with E-state index in [1.54, 1.807) is 0 Å². The average Bonchev–Trinajstić information content (AvgIpc) is 2.76. The van der Waals surface area contributed by atoms with E-state index in [0.717, 1.165) is 28.0 Å². The molecule has 1 heterocycles. The Bertz CT molecular complexity index is 694. The smallest absolute Gasteiger partial charge is 0.123 e. The second-order valence-electron chi connectivity index (χ2n) is 6.29. The van der Waals surface area contributed by atoms with Crippen LogP contribution in [0.4, 0.5) is 0 Å². The SMILES string of the molecule is Cc1ccc(Br)cc1C(Cl)c1ccc2c(c1)C(C)(C)CO2. The number of fused-ring (bicyclic) bond motifs is 1. The van der Waals surface area contributed by atoms with Crippen LogP contribution in [-0.4, -0.2) is 6.61 Å². The maximum atomic E-state index is 6.74. The summed E-state index contributed by atoms with van der Waals surface area (Å²) in [7, 11) is 0. The lowest BCUT2D eigenvalue weighted by molar-refractivity contribution is 0.291. The molecule has 0 radical (unpaired) electrons. The molecule has 2 aromatic rings. The highest BCUT2D eigenvalue weighted by Crippen LogP contribution is 2.42. The fraction of sp³-hybridized carbons (Fsp3) is 0.333. The van der Waals surface area contributed by atoms with Crippen LogP contribution in [-0.2, 0) is 5.41 Å². The van der Waals surface area contributed by atoms with Gasteiger partial charge in [0.15, 0.2) is 0 Å². The first kappa shape index (κ1) is 14.9. The molecule has 1 unspecified atom stereocenters. The largest absolute Gasteiger partial charge is 0.492 e. The van der Waals surface area contributed by atoms with Crippen molar-refractivity contribution in [2.75, 3.05) is 6.61 Å². The molecule has 0 spiro atoms. The van der Waals surface area contributed by atoms with Crippen LogP contribution in [0.1, 0.15) is 41.5 Å². The number of rotatable bonds is 2. The van der Waals surface area contributed by atoms with Crippen LogP contribution in [0, 0.1) is 6.92 Å². The molecule has 1 nitrogen and oxygen atoms in total. The third-order valence-corrected chi connectivity index (χ3v) is 5.11. The van der Waals surface area contributed by atoms with Gasteiger partial charge in [0.25, 0.3) is 0 Å². The molecule has 0 aromatic heterocycles. The van der Waals surface area contributed by atoms with Crippen molar-refractivity contribution in [3.8, 4) is 5.75 Å². The van der Waals surface area contributed by atoms with Crippen molar-refractivity contribution in [2.24, 2.45) is 0 Å². The Morgan fingerprint density at radius 3 is 2.71 bits per heavy atom. The summed E-state index contributed by atoms with van der Waals surface area (Å²) in [6.07, 6.45) is 0. The summed E-state index contributed by atoms with van der Waals surface area (Å²) in [6.45, 7) is 7.23. The van der Waals surface area contributed by atoms with E-state index in [4.69, 9.17) is 16.3 Å². The van der Waals surface area contributed by atoms with E-state index in [9.17, 15) is 0 Å². The number of hydrogen-bond donors (Lipinski definition) is 0. The summed E-state index contributed by atoms with van der Waals surface area (Å²) in [4.78, 5) is 0. The van der Waals surface area contributed by atoms with Crippen molar-refractivity contribution in [1.29, 1.82) is 0 Å². The third kappa shape index (κ3) is 2.72. The van der Waals surface area contributed by atoms with E-state index in [1.807, 2.05) is 12.1 Å². The second-order valence-corrected chi connectivity index (χ2v) is 7.64. The molecule has 3 rings (SSSR count). The number of halogens is 2. The molecular weight excluding hydrogens is 348 g/mol. The van der Waals surface area contributed by atoms with Crippen molar-refractivity contribution in [2.45, 2.75) is 31.6 Å². The lowest BCUT2D eigenvalue weighted by Gasteiger charge is -2.18. The molecular formula is C18H18BrClO. The molecule has 21 heavy (non-hydrogen) atoms. The number of benzene rings is 2. The molecule has 0 aliphatic carbocycles. The quantitative estimate of drug-likeness (QED) is 0.615. The zero-order valence-corrected chi connectivity index (χ0v) is 14.8. The van der Waals surface area contributed by atoms with Crippen molar-refractivity contribution in [1.82, 2.24) is 0 Å². The molecule has 1 aliphatic rings. The predicted molar refractivity (Wildman–Crippen MR) is 91.5 cm³/mol. The maximum absolute atomic E-state index is 6.74. The number of aryl methyl sites for hydroxylation is 1.